The minimum absolute atomic E-state index is 0.0820. The van der Waals surface area contributed by atoms with Crippen LogP contribution >= 0.6 is 23.4 Å². The highest BCUT2D eigenvalue weighted by Crippen LogP contribution is 2.60. The average Bonchev–Trinajstić information content (AvgIpc) is 3.57. The molecule has 0 fully saturated rings. The molecule has 318 valence electrons. The molecule has 4 aromatic carbocycles. The molecule has 61 heavy (non-hydrogen) atoms. The monoisotopic (exact) mass is 871 g/mol. The predicted octanol–water partition coefficient (Wildman–Crippen LogP) is 7.89. The van der Waals surface area contributed by atoms with Gasteiger partial charge in [0, 0.05) is 64.1 Å². The zero-order chi connectivity index (χ0) is 44.3. The molecule has 0 saturated heterocycles. The molecule has 0 radical (unpaired) electrons. The van der Waals surface area contributed by atoms with Gasteiger partial charge >= 0.3 is 23.9 Å². The second kappa shape index (κ2) is 20.6. The summed E-state index contributed by atoms with van der Waals surface area (Å²) in [6, 6.07) is 29.5. The van der Waals surface area contributed by atoms with Gasteiger partial charge in [-0.1, -0.05) is 84.0 Å². The molecule has 1 aliphatic rings. The van der Waals surface area contributed by atoms with Crippen molar-refractivity contribution < 1.29 is 47.8 Å². The van der Waals surface area contributed by atoms with E-state index in [2.05, 4.69) is 10.4 Å². The Labute approximate surface area is 360 Å². The minimum atomic E-state index is -1.92. The van der Waals surface area contributed by atoms with Crippen LogP contribution in [0.3, 0.4) is 0 Å². The van der Waals surface area contributed by atoms with E-state index in [1.165, 1.54) is 24.3 Å². The first-order chi connectivity index (χ1) is 29.1. The summed E-state index contributed by atoms with van der Waals surface area (Å²) in [6.07, 6.45) is -5.07. The summed E-state index contributed by atoms with van der Waals surface area (Å²) in [5, 5.41) is 24.6. The maximum absolute atomic E-state index is 15.5. The Morgan fingerprint density at radius 2 is 1.39 bits per heavy atom. The highest BCUT2D eigenvalue weighted by atomic mass is 35.5. The number of nitrogens with one attached hydrogen (secondary N) is 1. The summed E-state index contributed by atoms with van der Waals surface area (Å²) in [6.45, 7) is 4.03. The van der Waals surface area contributed by atoms with E-state index in [9.17, 15) is 29.3 Å². The first-order valence-corrected chi connectivity index (χ1v) is 19.9. The number of thioether (sulfide) groups is 1. The van der Waals surface area contributed by atoms with Crippen LogP contribution in [0.2, 0.25) is 5.02 Å². The standard InChI is InChI=1S/C43H42ClN5O11S/c1-26(50)57-25-36(58-27(2)51)39(59-28(3)52)40(60-29(4)53)37-38(47-46-34-18-16-32(44)17-19-34)41(48(5)24-30-12-8-6-9-13-30)61-43(37,31-14-10-7-11-15-31)42(54)45-33-20-22-35(23-21-33)49(55)56/h6-23,36-37,39-40H,24-25H2,1-5H3,(H,45,54)/t36-,37-,39-,40-,43+/m1/s1. The number of amides is 1. The van der Waals surface area contributed by atoms with Crippen molar-refractivity contribution in [2.45, 2.75) is 57.3 Å². The van der Waals surface area contributed by atoms with Crippen molar-refractivity contribution in [2.24, 2.45) is 16.1 Å². The molecule has 0 saturated carbocycles. The van der Waals surface area contributed by atoms with Crippen LogP contribution in [0.15, 0.2) is 130 Å². The van der Waals surface area contributed by atoms with Crippen LogP contribution in [-0.4, -0.2) is 71.6 Å². The van der Waals surface area contributed by atoms with Crippen molar-refractivity contribution in [2.75, 3.05) is 19.0 Å². The third-order valence-electron chi connectivity index (χ3n) is 9.19. The zero-order valence-electron chi connectivity index (χ0n) is 33.7. The molecule has 0 unspecified atom stereocenters. The van der Waals surface area contributed by atoms with E-state index in [0.29, 0.717) is 21.3 Å². The molecule has 1 N–H and O–H groups in total. The molecular formula is C43H42ClN5O11S. The van der Waals surface area contributed by atoms with Gasteiger partial charge in [-0.25, -0.2) is 0 Å². The summed E-state index contributed by atoms with van der Waals surface area (Å²) in [7, 11) is 1.77. The van der Waals surface area contributed by atoms with Gasteiger partial charge in [-0.05, 0) is 47.5 Å². The summed E-state index contributed by atoms with van der Waals surface area (Å²) >= 11 is 7.23. The SMILES string of the molecule is CC(=O)OC[C@@H](OC(C)=O)[C@@H](OC(C)=O)[C@H](OC(C)=O)[C@H]1C(N=Nc2ccc(Cl)cc2)=C(N(C)Cc2ccccc2)S[C@@]1(C(=O)Nc1ccc([N+](=O)[O-])cc1)c1ccccc1. The number of halogens is 1. The minimum Gasteiger partial charge on any atom is -0.462 e. The smallest absolute Gasteiger partial charge is 0.303 e. The van der Waals surface area contributed by atoms with E-state index in [1.807, 2.05) is 35.2 Å². The highest BCUT2D eigenvalue weighted by molar-refractivity contribution is 8.04. The molecule has 0 spiro atoms. The quantitative estimate of drug-likeness (QED) is 0.0353. The van der Waals surface area contributed by atoms with Crippen LogP contribution < -0.4 is 5.32 Å². The topological polar surface area (TPSA) is 205 Å². The number of hydrogen-bond donors (Lipinski definition) is 1. The fourth-order valence-corrected chi connectivity index (χ4v) is 8.41. The van der Waals surface area contributed by atoms with Gasteiger partial charge < -0.3 is 29.2 Å². The third kappa shape index (κ3) is 11.6. The number of anilines is 1. The van der Waals surface area contributed by atoms with E-state index >= 15 is 4.79 Å². The molecule has 0 aliphatic carbocycles. The molecule has 1 heterocycles. The van der Waals surface area contributed by atoms with Gasteiger partial charge in [0.2, 0.25) is 5.91 Å². The number of nitrogens with zero attached hydrogens (tertiary/aromatic N) is 4. The highest BCUT2D eigenvalue weighted by Gasteiger charge is 2.63. The van der Waals surface area contributed by atoms with Crippen LogP contribution in [0.4, 0.5) is 17.1 Å². The van der Waals surface area contributed by atoms with Crippen LogP contribution in [0.5, 0.6) is 0 Å². The van der Waals surface area contributed by atoms with E-state index in [0.717, 1.165) is 45.0 Å². The van der Waals surface area contributed by atoms with E-state index in [-0.39, 0.29) is 23.6 Å². The summed E-state index contributed by atoms with van der Waals surface area (Å²) in [5.41, 5.74) is 1.62. The van der Waals surface area contributed by atoms with Gasteiger partial charge in [-0.3, -0.25) is 34.1 Å². The molecular weight excluding hydrogens is 830 g/mol. The number of nitro groups is 1. The zero-order valence-corrected chi connectivity index (χ0v) is 35.3. The van der Waals surface area contributed by atoms with Gasteiger partial charge in [0.1, 0.15) is 17.1 Å². The second-order valence-electron chi connectivity index (χ2n) is 13.7. The molecule has 1 amide bonds. The van der Waals surface area contributed by atoms with E-state index in [1.54, 1.807) is 61.6 Å². The lowest BCUT2D eigenvalue weighted by Gasteiger charge is -2.41. The largest absolute Gasteiger partial charge is 0.462 e. The lowest BCUT2D eigenvalue weighted by atomic mass is 9.76. The Balaban J connectivity index is 1.87. The number of rotatable bonds is 17. The molecule has 5 atom stereocenters. The number of carbonyl (C=O) groups is 5. The lowest BCUT2D eigenvalue weighted by molar-refractivity contribution is -0.384. The number of nitro benzene ring substituents is 1. The second-order valence-corrected chi connectivity index (χ2v) is 15.4. The maximum Gasteiger partial charge on any atom is 0.303 e. The fourth-order valence-electron chi connectivity index (χ4n) is 6.71. The van der Waals surface area contributed by atoms with Crippen molar-refractivity contribution in [1.29, 1.82) is 0 Å². The molecule has 0 bridgehead atoms. The molecule has 16 nitrogen and oxygen atoms in total. The summed E-state index contributed by atoms with van der Waals surface area (Å²) in [4.78, 5) is 79.6. The van der Waals surface area contributed by atoms with Crippen molar-refractivity contribution in [3.05, 3.63) is 146 Å². The number of esters is 4. The Bertz CT molecular complexity index is 2300. The Morgan fingerprint density at radius 1 is 0.803 bits per heavy atom. The van der Waals surface area contributed by atoms with Crippen molar-refractivity contribution in [1.82, 2.24) is 4.90 Å². The maximum atomic E-state index is 15.5. The predicted molar refractivity (Wildman–Crippen MR) is 225 cm³/mol. The van der Waals surface area contributed by atoms with Crippen LogP contribution in [0.25, 0.3) is 0 Å². The number of benzene rings is 4. The normalized spacial score (nSPS) is 17.4. The van der Waals surface area contributed by atoms with Crippen molar-refractivity contribution >= 4 is 70.2 Å². The molecule has 4 aromatic rings. The molecule has 1 aliphatic heterocycles. The molecule has 0 aromatic heterocycles. The fraction of sp³-hybridized carbons (Fsp3) is 0.279. The van der Waals surface area contributed by atoms with Gasteiger partial charge in [0.25, 0.3) is 5.69 Å². The summed E-state index contributed by atoms with van der Waals surface area (Å²) in [5.74, 6) is -5.59. The van der Waals surface area contributed by atoms with Gasteiger partial charge in [0.15, 0.2) is 18.3 Å². The molecule has 5 rings (SSSR count). The number of azo groups is 1. The number of carbonyl (C=O) groups excluding carboxylic acids is 5. The van der Waals surface area contributed by atoms with Crippen LogP contribution in [0, 0.1) is 16.0 Å². The average molecular weight is 872 g/mol. The van der Waals surface area contributed by atoms with Gasteiger partial charge in [-0.15, -0.1) is 0 Å². The Morgan fingerprint density at radius 3 is 1.95 bits per heavy atom. The summed E-state index contributed by atoms with van der Waals surface area (Å²) < 4.78 is 21.0. The van der Waals surface area contributed by atoms with Crippen molar-refractivity contribution in [3.8, 4) is 0 Å². The van der Waals surface area contributed by atoms with E-state index < -0.39 is 70.3 Å². The first kappa shape index (κ1) is 45.5. The van der Waals surface area contributed by atoms with E-state index in [4.69, 9.17) is 35.7 Å². The van der Waals surface area contributed by atoms with Gasteiger partial charge in [0.05, 0.1) is 21.6 Å². The first-order valence-electron chi connectivity index (χ1n) is 18.7. The number of non-ortho nitro benzene ring substituents is 1. The Hall–Kier alpha value is -6.59. The number of hydrogen-bond acceptors (Lipinski definition) is 15. The van der Waals surface area contributed by atoms with Crippen LogP contribution in [-0.2, 0) is 54.2 Å². The molecule has 18 heteroatoms. The van der Waals surface area contributed by atoms with Gasteiger partial charge in [-0.2, -0.15) is 10.2 Å². The van der Waals surface area contributed by atoms with Crippen molar-refractivity contribution in [3.63, 3.8) is 0 Å². The Kier molecular flexibility index (Phi) is 15.4. The van der Waals surface area contributed by atoms with Crippen LogP contribution in [0.1, 0.15) is 38.8 Å². The lowest BCUT2D eigenvalue weighted by Crippen LogP contribution is -2.56. The number of ether oxygens (including phenoxy) is 4. The third-order valence-corrected chi connectivity index (χ3v) is 11.1.